The fourth-order valence-electron chi connectivity index (χ4n) is 3.31. The third-order valence-corrected chi connectivity index (χ3v) is 4.80. The van der Waals surface area contributed by atoms with E-state index in [2.05, 4.69) is 29.9 Å². The number of hydrogen-bond donors (Lipinski definition) is 0. The molecule has 1 unspecified atom stereocenters. The first-order chi connectivity index (χ1) is 11.9. The Bertz CT molecular complexity index is 740. The fraction of sp³-hybridized carbons (Fsp3) is 0.474. The van der Waals surface area contributed by atoms with E-state index in [9.17, 15) is 9.18 Å². The predicted molar refractivity (Wildman–Crippen MR) is 94.6 cm³/mol. The maximum atomic E-state index is 13.0. The van der Waals surface area contributed by atoms with E-state index in [4.69, 9.17) is 0 Å². The molecule has 0 N–H and O–H groups in total. The molecular formula is C19H25FN4O. The van der Waals surface area contributed by atoms with Crippen molar-refractivity contribution in [1.29, 1.82) is 0 Å². The van der Waals surface area contributed by atoms with Gasteiger partial charge in [-0.1, -0.05) is 12.1 Å². The van der Waals surface area contributed by atoms with Gasteiger partial charge in [0.2, 0.25) is 5.91 Å². The molecule has 6 heteroatoms. The van der Waals surface area contributed by atoms with Crippen LogP contribution < -0.4 is 0 Å². The zero-order valence-corrected chi connectivity index (χ0v) is 15.1. The zero-order chi connectivity index (χ0) is 18.0. The summed E-state index contributed by atoms with van der Waals surface area (Å²) >= 11 is 0. The maximum absolute atomic E-state index is 13.0. The third kappa shape index (κ3) is 4.25. The number of benzene rings is 1. The number of rotatable bonds is 5. The molecule has 134 valence electrons. The standard InChI is InChI=1S/C19H25FN4O/c1-14-10-15(2)24(21-14)11-16(3)22-8-9-23(19(25)13-22)12-17-4-6-18(20)7-5-17/h4-7,10,16H,8-9,11-13H2,1-3H3. The van der Waals surface area contributed by atoms with Crippen LogP contribution in [-0.4, -0.2) is 51.2 Å². The normalized spacial score (nSPS) is 17.1. The summed E-state index contributed by atoms with van der Waals surface area (Å²) < 4.78 is 15.0. The van der Waals surface area contributed by atoms with Crippen LogP contribution in [0, 0.1) is 19.7 Å². The zero-order valence-electron chi connectivity index (χ0n) is 15.1. The van der Waals surface area contributed by atoms with Gasteiger partial charge in [-0.05, 0) is 44.5 Å². The van der Waals surface area contributed by atoms with Crippen molar-refractivity contribution in [2.75, 3.05) is 19.6 Å². The number of carbonyl (C=O) groups is 1. The monoisotopic (exact) mass is 344 g/mol. The second kappa shape index (κ2) is 7.35. The van der Waals surface area contributed by atoms with Crippen LogP contribution in [0.5, 0.6) is 0 Å². The van der Waals surface area contributed by atoms with Crippen molar-refractivity contribution < 1.29 is 9.18 Å². The molecule has 1 saturated heterocycles. The fourth-order valence-corrected chi connectivity index (χ4v) is 3.31. The molecule has 25 heavy (non-hydrogen) atoms. The van der Waals surface area contributed by atoms with Gasteiger partial charge < -0.3 is 4.90 Å². The van der Waals surface area contributed by atoms with Crippen LogP contribution in [0.25, 0.3) is 0 Å². The lowest BCUT2D eigenvalue weighted by molar-refractivity contribution is -0.137. The Hall–Kier alpha value is -2.21. The molecule has 0 aliphatic carbocycles. The maximum Gasteiger partial charge on any atom is 0.237 e. The number of carbonyl (C=O) groups excluding carboxylic acids is 1. The molecule has 1 fully saturated rings. The molecule has 1 aromatic carbocycles. The molecule has 1 aromatic heterocycles. The van der Waals surface area contributed by atoms with Gasteiger partial charge >= 0.3 is 0 Å². The van der Waals surface area contributed by atoms with Gasteiger partial charge in [0.1, 0.15) is 5.82 Å². The first-order valence-corrected chi connectivity index (χ1v) is 8.69. The highest BCUT2D eigenvalue weighted by molar-refractivity contribution is 5.79. The number of amides is 1. The molecule has 3 rings (SSSR count). The van der Waals surface area contributed by atoms with E-state index in [0.717, 1.165) is 30.0 Å². The van der Waals surface area contributed by atoms with Crippen LogP contribution in [0.2, 0.25) is 0 Å². The van der Waals surface area contributed by atoms with Crippen molar-refractivity contribution in [2.24, 2.45) is 0 Å². The van der Waals surface area contributed by atoms with Gasteiger partial charge in [-0.15, -0.1) is 0 Å². The van der Waals surface area contributed by atoms with E-state index in [1.165, 1.54) is 12.1 Å². The topological polar surface area (TPSA) is 41.4 Å². The molecule has 0 saturated carbocycles. The highest BCUT2D eigenvalue weighted by Gasteiger charge is 2.27. The number of piperazine rings is 1. The summed E-state index contributed by atoms with van der Waals surface area (Å²) in [5, 5.41) is 4.51. The summed E-state index contributed by atoms with van der Waals surface area (Å²) in [6, 6.07) is 8.66. The first kappa shape index (κ1) is 17.6. The summed E-state index contributed by atoms with van der Waals surface area (Å²) in [5.41, 5.74) is 3.12. The average Bonchev–Trinajstić information content (AvgIpc) is 2.88. The minimum Gasteiger partial charge on any atom is -0.336 e. The molecule has 1 atom stereocenters. The first-order valence-electron chi connectivity index (χ1n) is 8.69. The summed E-state index contributed by atoms with van der Waals surface area (Å²) in [6.45, 7) is 9.46. The molecule has 0 radical (unpaired) electrons. The van der Waals surface area contributed by atoms with Gasteiger partial charge in [0.25, 0.3) is 0 Å². The largest absolute Gasteiger partial charge is 0.336 e. The van der Waals surface area contributed by atoms with Crippen LogP contribution in [0.4, 0.5) is 4.39 Å². The molecule has 1 aliphatic rings. The van der Waals surface area contributed by atoms with Crippen molar-refractivity contribution in [3.8, 4) is 0 Å². The molecule has 2 heterocycles. The van der Waals surface area contributed by atoms with Crippen LogP contribution in [0.1, 0.15) is 23.9 Å². The Balaban J connectivity index is 1.56. The summed E-state index contributed by atoms with van der Waals surface area (Å²) in [7, 11) is 0. The summed E-state index contributed by atoms with van der Waals surface area (Å²) in [5.74, 6) is -0.131. The van der Waals surface area contributed by atoms with Crippen LogP contribution in [0.15, 0.2) is 30.3 Å². The van der Waals surface area contributed by atoms with Crippen LogP contribution in [0.3, 0.4) is 0 Å². The van der Waals surface area contributed by atoms with Gasteiger partial charge in [-0.3, -0.25) is 14.4 Å². The number of halogens is 1. The molecule has 1 aliphatic heterocycles. The lowest BCUT2D eigenvalue weighted by Gasteiger charge is -2.37. The van der Waals surface area contributed by atoms with Gasteiger partial charge in [-0.2, -0.15) is 5.10 Å². The van der Waals surface area contributed by atoms with Gasteiger partial charge in [-0.25, -0.2) is 4.39 Å². The Morgan fingerprint density at radius 1 is 1.20 bits per heavy atom. The van der Waals surface area contributed by atoms with Crippen molar-refractivity contribution in [2.45, 2.75) is 39.9 Å². The average molecular weight is 344 g/mol. The number of nitrogens with zero attached hydrogens (tertiary/aromatic N) is 4. The second-order valence-corrected chi connectivity index (χ2v) is 6.87. The highest BCUT2D eigenvalue weighted by atomic mass is 19.1. The van der Waals surface area contributed by atoms with Crippen molar-refractivity contribution in [3.63, 3.8) is 0 Å². The van der Waals surface area contributed by atoms with Crippen molar-refractivity contribution >= 4 is 5.91 Å². The van der Waals surface area contributed by atoms with E-state index >= 15 is 0 Å². The predicted octanol–water partition coefficient (Wildman–Crippen LogP) is 2.37. The highest BCUT2D eigenvalue weighted by Crippen LogP contribution is 2.14. The minimum absolute atomic E-state index is 0.121. The Morgan fingerprint density at radius 3 is 2.52 bits per heavy atom. The summed E-state index contributed by atoms with van der Waals surface area (Å²) in [4.78, 5) is 16.5. The SMILES string of the molecule is Cc1cc(C)n(CC(C)N2CCN(Cc3ccc(F)cc3)C(=O)C2)n1. The third-order valence-electron chi connectivity index (χ3n) is 4.80. The minimum atomic E-state index is -0.252. The Morgan fingerprint density at radius 2 is 1.92 bits per heavy atom. The van der Waals surface area contributed by atoms with Gasteiger partial charge in [0.05, 0.1) is 18.8 Å². The van der Waals surface area contributed by atoms with Crippen LogP contribution >= 0.6 is 0 Å². The second-order valence-electron chi connectivity index (χ2n) is 6.87. The molecule has 0 bridgehead atoms. The number of aryl methyl sites for hydroxylation is 2. The quantitative estimate of drug-likeness (QED) is 0.836. The van der Waals surface area contributed by atoms with E-state index < -0.39 is 0 Å². The van der Waals surface area contributed by atoms with E-state index in [-0.39, 0.29) is 17.8 Å². The number of hydrogen-bond acceptors (Lipinski definition) is 3. The van der Waals surface area contributed by atoms with Crippen molar-refractivity contribution in [1.82, 2.24) is 19.6 Å². The van der Waals surface area contributed by atoms with E-state index in [0.29, 0.717) is 19.6 Å². The Labute approximate surface area is 148 Å². The van der Waals surface area contributed by atoms with Gasteiger partial charge in [0.15, 0.2) is 0 Å². The Kier molecular flexibility index (Phi) is 5.18. The molecule has 0 spiro atoms. The molecular weight excluding hydrogens is 319 g/mol. The van der Waals surface area contributed by atoms with E-state index in [1.807, 2.05) is 16.5 Å². The number of aromatic nitrogens is 2. The van der Waals surface area contributed by atoms with E-state index in [1.54, 1.807) is 12.1 Å². The summed E-state index contributed by atoms with van der Waals surface area (Å²) in [6.07, 6.45) is 0. The molecule has 1 amide bonds. The lowest BCUT2D eigenvalue weighted by atomic mass is 10.1. The van der Waals surface area contributed by atoms with Gasteiger partial charge in [0, 0.05) is 31.4 Å². The van der Waals surface area contributed by atoms with Crippen molar-refractivity contribution in [3.05, 3.63) is 53.1 Å². The molecule has 5 nitrogen and oxygen atoms in total. The van der Waals surface area contributed by atoms with Crippen LogP contribution in [-0.2, 0) is 17.9 Å². The lowest BCUT2D eigenvalue weighted by Crippen LogP contribution is -2.53. The molecule has 2 aromatic rings. The smallest absolute Gasteiger partial charge is 0.237 e.